The highest BCUT2D eigenvalue weighted by Crippen LogP contribution is 2.49. The second kappa shape index (κ2) is 6.41. The highest BCUT2D eigenvalue weighted by Gasteiger charge is 2.51. The number of carboxylic acids is 1. The first-order valence-corrected chi connectivity index (χ1v) is 9.54. The van der Waals surface area contributed by atoms with Crippen molar-refractivity contribution >= 4 is 34.4 Å². The summed E-state index contributed by atoms with van der Waals surface area (Å²) in [6.07, 6.45) is 7.07. The summed E-state index contributed by atoms with van der Waals surface area (Å²) in [6.45, 7) is 0. The van der Waals surface area contributed by atoms with Crippen LogP contribution in [-0.4, -0.2) is 37.1 Å². The Balaban J connectivity index is 1.51. The zero-order valence-electron chi connectivity index (χ0n) is 14.7. The molecule has 5 rings (SSSR count). The lowest BCUT2D eigenvalue weighted by atomic mass is 9.84. The van der Waals surface area contributed by atoms with Crippen molar-refractivity contribution in [3.8, 4) is 11.4 Å². The summed E-state index contributed by atoms with van der Waals surface area (Å²) in [7, 11) is 0. The van der Waals surface area contributed by atoms with E-state index in [1.165, 1.54) is 6.20 Å². The third kappa shape index (κ3) is 2.71. The fourth-order valence-corrected chi connectivity index (χ4v) is 4.93. The number of nitrogens with zero attached hydrogens (tertiary/aromatic N) is 3. The number of pyridine rings is 1. The van der Waals surface area contributed by atoms with Gasteiger partial charge in [-0.05, 0) is 37.2 Å². The van der Waals surface area contributed by atoms with E-state index in [2.05, 4.69) is 25.3 Å². The second-order valence-electron chi connectivity index (χ2n) is 7.51. The number of H-pyrrole nitrogens is 1. The maximum Gasteiger partial charge on any atom is 0.308 e. The Morgan fingerprint density at radius 1 is 1.29 bits per heavy atom. The van der Waals surface area contributed by atoms with Crippen LogP contribution in [0.2, 0.25) is 5.02 Å². The van der Waals surface area contributed by atoms with Gasteiger partial charge < -0.3 is 15.4 Å². The maximum atomic E-state index is 14.4. The monoisotopic (exact) mass is 401 g/mol. The van der Waals surface area contributed by atoms with Crippen LogP contribution in [0.5, 0.6) is 0 Å². The van der Waals surface area contributed by atoms with E-state index in [1.54, 1.807) is 12.3 Å². The van der Waals surface area contributed by atoms with E-state index >= 15 is 0 Å². The predicted octanol–water partition coefficient (Wildman–Crippen LogP) is 3.72. The van der Waals surface area contributed by atoms with Gasteiger partial charge in [-0.2, -0.15) is 0 Å². The SMILES string of the molecule is O=C(O)[C@H]1[C@H]2CC[C@H](C2)[C@@H]1Nc1nc(-c2c[nH]c3ncc(Cl)cc23)ncc1F. The zero-order valence-corrected chi connectivity index (χ0v) is 15.4. The summed E-state index contributed by atoms with van der Waals surface area (Å²) in [6, 6.07) is 1.42. The van der Waals surface area contributed by atoms with Crippen LogP contribution in [0.1, 0.15) is 19.3 Å². The number of aromatic nitrogens is 4. The van der Waals surface area contributed by atoms with Gasteiger partial charge in [-0.15, -0.1) is 0 Å². The lowest BCUT2D eigenvalue weighted by Gasteiger charge is -2.29. The molecule has 9 heteroatoms. The largest absolute Gasteiger partial charge is 0.481 e. The summed E-state index contributed by atoms with van der Waals surface area (Å²) in [5, 5.41) is 13.9. The molecule has 28 heavy (non-hydrogen) atoms. The van der Waals surface area contributed by atoms with Gasteiger partial charge in [-0.25, -0.2) is 19.3 Å². The van der Waals surface area contributed by atoms with E-state index in [0.717, 1.165) is 30.8 Å². The number of rotatable bonds is 4. The van der Waals surface area contributed by atoms with Crippen LogP contribution in [0.4, 0.5) is 10.2 Å². The van der Waals surface area contributed by atoms with Gasteiger partial charge in [0.2, 0.25) is 0 Å². The van der Waals surface area contributed by atoms with Crippen LogP contribution < -0.4 is 5.32 Å². The van der Waals surface area contributed by atoms with Gasteiger partial charge in [0, 0.05) is 29.4 Å². The highest BCUT2D eigenvalue weighted by atomic mass is 35.5. The van der Waals surface area contributed by atoms with E-state index in [9.17, 15) is 14.3 Å². The van der Waals surface area contributed by atoms with Crippen LogP contribution in [0.25, 0.3) is 22.4 Å². The molecule has 2 saturated carbocycles. The molecule has 0 radical (unpaired) electrons. The lowest BCUT2D eigenvalue weighted by molar-refractivity contribution is -0.143. The minimum absolute atomic E-state index is 0.0261. The van der Waals surface area contributed by atoms with Crippen molar-refractivity contribution in [3.63, 3.8) is 0 Å². The molecule has 3 heterocycles. The third-order valence-electron chi connectivity index (χ3n) is 5.99. The molecule has 0 amide bonds. The Bertz CT molecular complexity index is 1090. The van der Waals surface area contributed by atoms with Crippen LogP contribution >= 0.6 is 11.6 Å². The van der Waals surface area contributed by atoms with Gasteiger partial charge >= 0.3 is 5.97 Å². The van der Waals surface area contributed by atoms with Crippen molar-refractivity contribution in [3.05, 3.63) is 35.5 Å². The minimum Gasteiger partial charge on any atom is -0.481 e. The van der Waals surface area contributed by atoms with Crippen molar-refractivity contribution in [2.24, 2.45) is 17.8 Å². The Hall–Kier alpha value is -2.74. The first-order chi connectivity index (χ1) is 13.5. The number of anilines is 1. The van der Waals surface area contributed by atoms with Crippen LogP contribution in [0, 0.1) is 23.6 Å². The quantitative estimate of drug-likeness (QED) is 0.615. The van der Waals surface area contributed by atoms with Crippen molar-refractivity contribution < 1.29 is 14.3 Å². The summed E-state index contributed by atoms with van der Waals surface area (Å²) in [4.78, 5) is 27.4. The average molecular weight is 402 g/mol. The molecule has 3 N–H and O–H groups in total. The van der Waals surface area contributed by atoms with E-state index in [4.69, 9.17) is 11.6 Å². The third-order valence-corrected chi connectivity index (χ3v) is 6.19. The molecule has 0 saturated heterocycles. The molecule has 3 aromatic rings. The number of nitrogens with one attached hydrogen (secondary N) is 2. The zero-order chi connectivity index (χ0) is 19.4. The van der Waals surface area contributed by atoms with Crippen LogP contribution in [0.15, 0.2) is 24.7 Å². The predicted molar refractivity (Wildman–Crippen MR) is 101 cm³/mol. The number of carboxylic acid groups (broad SMARTS) is 1. The number of hydrogen-bond acceptors (Lipinski definition) is 5. The summed E-state index contributed by atoms with van der Waals surface area (Å²) >= 11 is 6.04. The van der Waals surface area contributed by atoms with Crippen molar-refractivity contribution in [1.29, 1.82) is 0 Å². The molecule has 7 nitrogen and oxygen atoms in total. The molecular weight excluding hydrogens is 385 g/mol. The number of aromatic amines is 1. The molecular formula is C19H17ClFN5O2. The molecule has 2 bridgehead atoms. The van der Waals surface area contributed by atoms with Gasteiger partial charge in [0.15, 0.2) is 17.5 Å². The van der Waals surface area contributed by atoms with Gasteiger partial charge in [0.1, 0.15) is 5.65 Å². The summed E-state index contributed by atoms with van der Waals surface area (Å²) < 4.78 is 14.4. The maximum absolute atomic E-state index is 14.4. The normalized spacial score (nSPS) is 26.1. The standard InChI is InChI=1S/C19H17ClFN5O2/c20-10-4-11-12(6-23-16(11)22-5-10)17-24-7-13(21)18(26-17)25-15-9-2-1-8(3-9)14(15)19(27)28/h4-9,14-15H,1-3H2,(H,22,23)(H,27,28)(H,24,25,26)/t8-,9+,14-,15-/m0/s1. The highest BCUT2D eigenvalue weighted by molar-refractivity contribution is 6.31. The average Bonchev–Trinajstić information content (AvgIpc) is 3.37. The van der Waals surface area contributed by atoms with Crippen LogP contribution in [-0.2, 0) is 4.79 Å². The Morgan fingerprint density at radius 2 is 2.11 bits per heavy atom. The summed E-state index contributed by atoms with van der Waals surface area (Å²) in [5.74, 6) is -1.25. The molecule has 0 aliphatic heterocycles. The molecule has 144 valence electrons. The van der Waals surface area contributed by atoms with E-state index in [1.807, 2.05) is 0 Å². The lowest BCUT2D eigenvalue weighted by Crippen LogP contribution is -2.39. The Morgan fingerprint density at radius 3 is 2.93 bits per heavy atom. The Kier molecular flexibility index (Phi) is 3.97. The van der Waals surface area contributed by atoms with Gasteiger partial charge in [-0.1, -0.05) is 11.6 Å². The number of halogens is 2. The topological polar surface area (TPSA) is 104 Å². The van der Waals surface area contributed by atoms with Gasteiger partial charge in [0.05, 0.1) is 17.1 Å². The minimum atomic E-state index is -0.836. The number of fused-ring (bicyclic) bond motifs is 3. The molecule has 0 unspecified atom stereocenters. The fraction of sp³-hybridized carbons (Fsp3) is 0.368. The van der Waals surface area contributed by atoms with Crippen LogP contribution in [0.3, 0.4) is 0 Å². The number of aliphatic carboxylic acids is 1. The first kappa shape index (κ1) is 17.4. The number of carbonyl (C=O) groups is 1. The van der Waals surface area contributed by atoms with E-state index in [0.29, 0.717) is 22.1 Å². The summed E-state index contributed by atoms with van der Waals surface area (Å²) in [5.41, 5.74) is 1.27. The Labute approximate surface area is 164 Å². The molecule has 0 aromatic carbocycles. The van der Waals surface area contributed by atoms with Crippen molar-refractivity contribution in [2.45, 2.75) is 25.3 Å². The number of hydrogen-bond donors (Lipinski definition) is 3. The molecule has 2 fully saturated rings. The van der Waals surface area contributed by atoms with Crippen molar-refractivity contribution in [1.82, 2.24) is 19.9 Å². The van der Waals surface area contributed by atoms with Gasteiger partial charge in [0.25, 0.3) is 0 Å². The molecule has 3 aromatic heterocycles. The molecule has 2 aliphatic rings. The molecule has 0 spiro atoms. The molecule has 2 aliphatic carbocycles. The second-order valence-corrected chi connectivity index (χ2v) is 7.95. The van der Waals surface area contributed by atoms with Gasteiger partial charge in [-0.3, -0.25) is 4.79 Å². The smallest absolute Gasteiger partial charge is 0.308 e. The van der Waals surface area contributed by atoms with E-state index < -0.39 is 17.7 Å². The fourth-order valence-electron chi connectivity index (χ4n) is 4.77. The molecule has 4 atom stereocenters. The van der Waals surface area contributed by atoms with E-state index in [-0.39, 0.29) is 23.7 Å². The van der Waals surface area contributed by atoms with Crippen molar-refractivity contribution in [2.75, 3.05) is 5.32 Å². The first-order valence-electron chi connectivity index (χ1n) is 9.16.